The molecule has 0 aliphatic carbocycles. The largest absolute Gasteiger partial charge is 0.462 e. The highest BCUT2D eigenvalue weighted by molar-refractivity contribution is 8.13. The van der Waals surface area contributed by atoms with Crippen molar-refractivity contribution in [1.29, 1.82) is 0 Å². The second-order valence-electron chi connectivity index (χ2n) is 2.69. The van der Waals surface area contributed by atoms with Crippen molar-refractivity contribution >= 4 is 25.7 Å². The number of rotatable bonds is 3. The van der Waals surface area contributed by atoms with Crippen molar-refractivity contribution in [1.82, 2.24) is 0 Å². The summed E-state index contributed by atoms with van der Waals surface area (Å²) < 4.78 is 31.3. The van der Waals surface area contributed by atoms with Crippen LogP contribution < -0.4 is 0 Å². The van der Waals surface area contributed by atoms with Gasteiger partial charge in [-0.3, -0.25) is 0 Å². The van der Waals surface area contributed by atoms with Crippen molar-refractivity contribution in [2.75, 3.05) is 6.61 Å². The lowest BCUT2D eigenvalue weighted by Crippen LogP contribution is -2.04. The van der Waals surface area contributed by atoms with Gasteiger partial charge in [0.2, 0.25) is 5.09 Å². The number of hydrogen-bond donors (Lipinski definition) is 0. The summed E-state index contributed by atoms with van der Waals surface area (Å²) in [7, 11) is 1.10. The molecule has 84 valence electrons. The molecule has 0 saturated heterocycles. The van der Waals surface area contributed by atoms with Crippen LogP contribution in [0.3, 0.4) is 0 Å². The molecule has 1 aromatic rings. The molecule has 0 aromatic carbocycles. The molecule has 5 nitrogen and oxygen atoms in total. The zero-order valence-corrected chi connectivity index (χ0v) is 9.68. The number of furan rings is 1. The van der Waals surface area contributed by atoms with E-state index in [0.717, 1.165) is 6.07 Å². The summed E-state index contributed by atoms with van der Waals surface area (Å²) in [5.41, 5.74) is 0.0658. The van der Waals surface area contributed by atoms with Crippen LogP contribution in [0.2, 0.25) is 0 Å². The first-order chi connectivity index (χ1) is 6.86. The van der Waals surface area contributed by atoms with Crippen LogP contribution in [0.4, 0.5) is 0 Å². The average molecular weight is 253 g/mol. The number of halogens is 1. The van der Waals surface area contributed by atoms with Gasteiger partial charge in [-0.05, 0) is 13.8 Å². The fourth-order valence-electron chi connectivity index (χ4n) is 0.986. The Morgan fingerprint density at radius 2 is 2.20 bits per heavy atom. The molecule has 0 saturated carbocycles. The lowest BCUT2D eigenvalue weighted by Gasteiger charge is -1.97. The standard InChI is InChI=1S/C8H9ClO5S/c1-3-13-8(10)6-4-7(14-5(6)2)15(9,11)12/h4H,3H2,1-2H3. The Hall–Kier alpha value is -1.01. The van der Waals surface area contributed by atoms with Gasteiger partial charge in [0, 0.05) is 16.7 Å². The Morgan fingerprint density at radius 3 is 2.60 bits per heavy atom. The first kappa shape index (κ1) is 12.1. The number of esters is 1. The molecule has 0 unspecified atom stereocenters. The van der Waals surface area contributed by atoms with E-state index < -0.39 is 20.1 Å². The summed E-state index contributed by atoms with van der Waals surface area (Å²) in [5.74, 6) is -0.474. The molecule has 0 spiro atoms. The van der Waals surface area contributed by atoms with Crippen LogP contribution in [0, 0.1) is 6.92 Å². The average Bonchev–Trinajstić information content (AvgIpc) is 2.47. The second-order valence-corrected chi connectivity index (χ2v) is 5.19. The minimum absolute atomic E-state index is 0.0658. The molecule has 1 aromatic heterocycles. The van der Waals surface area contributed by atoms with Gasteiger partial charge in [0.05, 0.1) is 6.61 Å². The highest BCUT2D eigenvalue weighted by Crippen LogP contribution is 2.22. The van der Waals surface area contributed by atoms with Gasteiger partial charge in [-0.15, -0.1) is 0 Å². The second kappa shape index (κ2) is 4.24. The summed E-state index contributed by atoms with van der Waals surface area (Å²) in [6, 6.07) is 1.05. The zero-order valence-electron chi connectivity index (χ0n) is 8.11. The van der Waals surface area contributed by atoms with Crippen LogP contribution in [0.15, 0.2) is 15.6 Å². The molecule has 1 rings (SSSR count). The highest BCUT2D eigenvalue weighted by atomic mass is 35.7. The third-order valence-corrected chi connectivity index (χ3v) is 2.77. The van der Waals surface area contributed by atoms with E-state index in [1.807, 2.05) is 0 Å². The molecule has 0 aliphatic heterocycles. The van der Waals surface area contributed by atoms with E-state index in [1.165, 1.54) is 6.92 Å². The number of carbonyl (C=O) groups excluding carboxylic acids is 1. The first-order valence-electron chi connectivity index (χ1n) is 4.08. The van der Waals surface area contributed by atoms with E-state index in [4.69, 9.17) is 19.8 Å². The number of hydrogen-bond acceptors (Lipinski definition) is 5. The van der Waals surface area contributed by atoms with Crippen molar-refractivity contribution in [3.8, 4) is 0 Å². The van der Waals surface area contributed by atoms with Crippen molar-refractivity contribution in [2.24, 2.45) is 0 Å². The van der Waals surface area contributed by atoms with Gasteiger partial charge < -0.3 is 9.15 Å². The summed E-state index contributed by atoms with van der Waals surface area (Å²) in [6.45, 7) is 3.30. The molecule has 0 N–H and O–H groups in total. The van der Waals surface area contributed by atoms with Crippen LogP contribution >= 0.6 is 10.7 Å². The summed E-state index contributed by atoms with van der Waals surface area (Å²) in [6.07, 6.45) is 0. The lowest BCUT2D eigenvalue weighted by atomic mass is 10.3. The fourth-order valence-corrected chi connectivity index (χ4v) is 1.70. The van der Waals surface area contributed by atoms with Crippen LogP contribution in [-0.2, 0) is 13.8 Å². The molecular formula is C8H9ClO5S. The molecule has 0 aliphatic rings. The Labute approximate surface area is 91.4 Å². The van der Waals surface area contributed by atoms with Crippen molar-refractivity contribution in [3.63, 3.8) is 0 Å². The van der Waals surface area contributed by atoms with E-state index in [1.54, 1.807) is 6.92 Å². The molecule has 0 amide bonds. The van der Waals surface area contributed by atoms with Crippen LogP contribution in [0.5, 0.6) is 0 Å². The maximum atomic E-state index is 11.3. The maximum Gasteiger partial charge on any atom is 0.341 e. The van der Waals surface area contributed by atoms with Gasteiger partial charge in [-0.2, -0.15) is 0 Å². The predicted octanol–water partition coefficient (Wildman–Crippen LogP) is 1.69. The Bertz CT molecular complexity index is 473. The van der Waals surface area contributed by atoms with Gasteiger partial charge in [0.15, 0.2) is 0 Å². The summed E-state index contributed by atoms with van der Waals surface area (Å²) in [4.78, 5) is 11.3. The minimum atomic E-state index is -3.96. The van der Waals surface area contributed by atoms with Crippen LogP contribution in [-0.4, -0.2) is 21.0 Å². The van der Waals surface area contributed by atoms with Gasteiger partial charge in [-0.25, -0.2) is 13.2 Å². The molecule has 15 heavy (non-hydrogen) atoms. The SMILES string of the molecule is CCOC(=O)c1cc(S(=O)(=O)Cl)oc1C. The van der Waals surface area contributed by atoms with E-state index in [-0.39, 0.29) is 17.9 Å². The maximum absolute atomic E-state index is 11.3. The minimum Gasteiger partial charge on any atom is -0.462 e. The first-order valence-corrected chi connectivity index (χ1v) is 6.39. The van der Waals surface area contributed by atoms with Gasteiger partial charge in [-0.1, -0.05) is 0 Å². The van der Waals surface area contributed by atoms with Crippen molar-refractivity contribution in [2.45, 2.75) is 18.9 Å². The smallest absolute Gasteiger partial charge is 0.341 e. The number of aryl methyl sites for hydroxylation is 1. The third kappa shape index (κ3) is 2.73. The van der Waals surface area contributed by atoms with Crippen LogP contribution in [0.1, 0.15) is 23.0 Å². The predicted molar refractivity (Wildman–Crippen MR) is 52.4 cm³/mol. The van der Waals surface area contributed by atoms with Crippen LogP contribution in [0.25, 0.3) is 0 Å². The lowest BCUT2D eigenvalue weighted by molar-refractivity contribution is 0.0524. The van der Waals surface area contributed by atoms with Crippen molar-refractivity contribution in [3.05, 3.63) is 17.4 Å². The molecular weight excluding hydrogens is 244 g/mol. The third-order valence-electron chi connectivity index (χ3n) is 1.63. The molecule has 0 radical (unpaired) electrons. The Morgan fingerprint density at radius 1 is 1.60 bits per heavy atom. The molecule has 0 atom stereocenters. The summed E-state index contributed by atoms with van der Waals surface area (Å²) in [5, 5.41) is -0.454. The van der Waals surface area contributed by atoms with E-state index in [9.17, 15) is 13.2 Å². The van der Waals surface area contributed by atoms with E-state index in [0.29, 0.717) is 0 Å². The number of ether oxygens (including phenoxy) is 1. The van der Waals surface area contributed by atoms with E-state index >= 15 is 0 Å². The molecule has 0 bridgehead atoms. The van der Waals surface area contributed by atoms with Gasteiger partial charge >= 0.3 is 5.97 Å². The molecule has 7 heteroatoms. The monoisotopic (exact) mass is 252 g/mol. The zero-order chi connectivity index (χ0) is 11.6. The van der Waals surface area contributed by atoms with Gasteiger partial charge in [0.25, 0.3) is 9.05 Å². The van der Waals surface area contributed by atoms with Crippen molar-refractivity contribution < 1.29 is 22.4 Å². The molecule has 1 heterocycles. The topological polar surface area (TPSA) is 73.6 Å². The Balaban J connectivity index is 3.13. The normalized spacial score (nSPS) is 11.4. The van der Waals surface area contributed by atoms with E-state index in [2.05, 4.69) is 0 Å². The Kier molecular flexibility index (Phi) is 3.41. The number of carbonyl (C=O) groups is 1. The highest BCUT2D eigenvalue weighted by Gasteiger charge is 2.22. The van der Waals surface area contributed by atoms with Gasteiger partial charge in [0.1, 0.15) is 11.3 Å². The quantitative estimate of drug-likeness (QED) is 0.605. The summed E-state index contributed by atoms with van der Waals surface area (Å²) >= 11 is 0. The molecule has 0 fully saturated rings. The fraction of sp³-hybridized carbons (Fsp3) is 0.375.